The van der Waals surface area contributed by atoms with E-state index >= 15 is 0 Å². The third kappa shape index (κ3) is 3.69. The van der Waals surface area contributed by atoms with Gasteiger partial charge in [-0.1, -0.05) is 36.4 Å². The molecule has 0 aromatic heterocycles. The van der Waals surface area contributed by atoms with Crippen LogP contribution in [0, 0.1) is 5.82 Å². The van der Waals surface area contributed by atoms with E-state index in [0.29, 0.717) is 0 Å². The second-order valence-electron chi connectivity index (χ2n) is 5.39. The summed E-state index contributed by atoms with van der Waals surface area (Å²) in [5, 5.41) is 3.42. The van der Waals surface area contributed by atoms with E-state index in [0.717, 1.165) is 38.1 Å². The highest BCUT2D eigenvalue weighted by Gasteiger charge is 2.19. The summed E-state index contributed by atoms with van der Waals surface area (Å²) in [5.41, 5.74) is 3.70. The van der Waals surface area contributed by atoms with E-state index in [4.69, 9.17) is 4.74 Å². The summed E-state index contributed by atoms with van der Waals surface area (Å²) in [6.45, 7) is 2.41. The molecule has 0 saturated heterocycles. The van der Waals surface area contributed by atoms with E-state index in [1.54, 1.807) is 12.1 Å². The fourth-order valence-corrected chi connectivity index (χ4v) is 2.80. The molecule has 0 bridgehead atoms. The number of halogens is 1. The van der Waals surface area contributed by atoms with E-state index in [1.807, 2.05) is 6.07 Å². The molecule has 110 valence electrons. The maximum atomic E-state index is 13.1. The summed E-state index contributed by atoms with van der Waals surface area (Å²) < 4.78 is 18.9. The summed E-state index contributed by atoms with van der Waals surface area (Å²) in [7, 11) is 0. The Labute approximate surface area is 125 Å². The fourth-order valence-electron chi connectivity index (χ4n) is 2.80. The van der Waals surface area contributed by atoms with E-state index in [2.05, 4.69) is 29.6 Å². The van der Waals surface area contributed by atoms with Gasteiger partial charge in [-0.2, -0.15) is 0 Å². The summed E-state index contributed by atoms with van der Waals surface area (Å²) in [4.78, 5) is 0. The Balaban J connectivity index is 1.50. The molecule has 3 heteroatoms. The van der Waals surface area contributed by atoms with Crippen LogP contribution in [0.3, 0.4) is 0 Å². The van der Waals surface area contributed by atoms with Gasteiger partial charge in [-0.3, -0.25) is 0 Å². The van der Waals surface area contributed by atoms with Crippen LogP contribution in [0.2, 0.25) is 0 Å². The Kier molecular flexibility index (Phi) is 4.63. The molecule has 0 aliphatic carbocycles. The van der Waals surface area contributed by atoms with E-state index in [1.165, 1.54) is 17.2 Å². The first-order valence-electron chi connectivity index (χ1n) is 7.47. The normalized spacial score (nSPS) is 17.5. The summed E-state index contributed by atoms with van der Waals surface area (Å²) in [6.07, 6.45) is 1.95. The predicted molar refractivity (Wildman–Crippen MR) is 81.8 cm³/mol. The molecule has 0 fully saturated rings. The number of nitrogens with one attached hydrogen (secondary N) is 1. The molecule has 1 unspecified atom stereocenters. The smallest absolute Gasteiger partial charge is 0.123 e. The van der Waals surface area contributed by atoms with Gasteiger partial charge in [0.15, 0.2) is 0 Å². The predicted octanol–water partition coefficient (Wildman–Crippen LogP) is 3.27. The van der Waals surface area contributed by atoms with Crippen LogP contribution in [0.1, 0.15) is 22.8 Å². The number of rotatable bonds is 5. The van der Waals surface area contributed by atoms with Crippen molar-refractivity contribution >= 4 is 0 Å². The van der Waals surface area contributed by atoms with Crippen LogP contribution in [-0.2, 0) is 17.6 Å². The van der Waals surface area contributed by atoms with Gasteiger partial charge in [-0.15, -0.1) is 0 Å². The van der Waals surface area contributed by atoms with Gasteiger partial charge < -0.3 is 10.1 Å². The summed E-state index contributed by atoms with van der Waals surface area (Å²) in [5.74, 6) is -0.169. The maximum Gasteiger partial charge on any atom is 0.123 e. The van der Waals surface area contributed by atoms with Gasteiger partial charge in [-0.25, -0.2) is 4.39 Å². The first kappa shape index (κ1) is 14.2. The fraction of sp³-hybridized carbons (Fsp3) is 0.333. The second-order valence-corrected chi connectivity index (χ2v) is 5.39. The van der Waals surface area contributed by atoms with Crippen LogP contribution in [-0.4, -0.2) is 19.7 Å². The first-order chi connectivity index (χ1) is 10.3. The number of fused-ring (bicyclic) bond motifs is 1. The van der Waals surface area contributed by atoms with E-state index in [9.17, 15) is 4.39 Å². The van der Waals surface area contributed by atoms with Gasteiger partial charge in [0, 0.05) is 6.54 Å². The standard InChI is InChI=1S/C18H20FNO/c19-16-6-3-4-14(12-16)8-10-20-13-18-17-7-2-1-5-15(17)9-11-21-18/h1-7,12,18,20H,8-11,13H2. The van der Waals surface area contributed by atoms with Crippen LogP contribution in [0.25, 0.3) is 0 Å². The SMILES string of the molecule is Fc1cccc(CCNCC2OCCc3ccccc32)c1. The molecule has 1 aliphatic rings. The van der Waals surface area contributed by atoms with Crippen LogP contribution in [0.4, 0.5) is 4.39 Å². The molecule has 0 spiro atoms. The highest BCUT2D eigenvalue weighted by molar-refractivity contribution is 5.31. The lowest BCUT2D eigenvalue weighted by molar-refractivity contribution is 0.0427. The van der Waals surface area contributed by atoms with Crippen LogP contribution in [0.5, 0.6) is 0 Å². The molecule has 1 atom stereocenters. The molecule has 2 aromatic carbocycles. The molecular formula is C18H20FNO. The Hall–Kier alpha value is -1.71. The molecule has 0 saturated carbocycles. The van der Waals surface area contributed by atoms with Crippen molar-refractivity contribution in [2.75, 3.05) is 19.7 Å². The van der Waals surface area contributed by atoms with Gasteiger partial charge in [0.25, 0.3) is 0 Å². The Bertz CT molecular complexity index is 599. The topological polar surface area (TPSA) is 21.3 Å². The summed E-state index contributed by atoms with van der Waals surface area (Å²) in [6, 6.07) is 15.2. The third-order valence-electron chi connectivity index (χ3n) is 3.90. The Morgan fingerprint density at radius 2 is 2.05 bits per heavy atom. The lowest BCUT2D eigenvalue weighted by atomic mass is 9.97. The minimum atomic E-state index is -0.169. The third-order valence-corrected chi connectivity index (χ3v) is 3.90. The lowest BCUT2D eigenvalue weighted by Gasteiger charge is -2.26. The lowest BCUT2D eigenvalue weighted by Crippen LogP contribution is -2.28. The molecule has 1 aliphatic heterocycles. The molecule has 0 radical (unpaired) electrons. The van der Waals surface area contributed by atoms with Gasteiger partial charge in [0.2, 0.25) is 0 Å². The zero-order valence-electron chi connectivity index (χ0n) is 12.0. The van der Waals surface area contributed by atoms with Gasteiger partial charge >= 0.3 is 0 Å². The first-order valence-corrected chi connectivity index (χ1v) is 7.47. The average Bonchev–Trinajstić information content (AvgIpc) is 2.52. The van der Waals surface area contributed by atoms with Crippen molar-refractivity contribution in [3.63, 3.8) is 0 Å². The van der Waals surface area contributed by atoms with E-state index in [-0.39, 0.29) is 11.9 Å². The number of hydrogen-bond acceptors (Lipinski definition) is 2. The van der Waals surface area contributed by atoms with Crippen LogP contribution >= 0.6 is 0 Å². The zero-order valence-corrected chi connectivity index (χ0v) is 12.0. The average molecular weight is 285 g/mol. The monoisotopic (exact) mass is 285 g/mol. The Morgan fingerprint density at radius 3 is 2.95 bits per heavy atom. The van der Waals surface area contributed by atoms with Crippen molar-refractivity contribution in [1.82, 2.24) is 5.32 Å². The number of ether oxygens (including phenoxy) is 1. The molecule has 0 amide bonds. The largest absolute Gasteiger partial charge is 0.372 e. The van der Waals surface area contributed by atoms with E-state index < -0.39 is 0 Å². The van der Waals surface area contributed by atoms with Gasteiger partial charge in [0.1, 0.15) is 5.82 Å². The molecular weight excluding hydrogens is 265 g/mol. The minimum absolute atomic E-state index is 0.127. The van der Waals surface area contributed by atoms with Crippen molar-refractivity contribution in [2.45, 2.75) is 18.9 Å². The van der Waals surface area contributed by atoms with Crippen LogP contribution < -0.4 is 5.32 Å². The van der Waals surface area contributed by atoms with Crippen molar-refractivity contribution in [1.29, 1.82) is 0 Å². The number of benzene rings is 2. The highest BCUT2D eigenvalue weighted by atomic mass is 19.1. The van der Waals surface area contributed by atoms with Gasteiger partial charge in [-0.05, 0) is 48.2 Å². The summed E-state index contributed by atoms with van der Waals surface area (Å²) >= 11 is 0. The van der Waals surface area contributed by atoms with Crippen molar-refractivity contribution in [3.8, 4) is 0 Å². The molecule has 21 heavy (non-hydrogen) atoms. The Morgan fingerprint density at radius 1 is 1.14 bits per heavy atom. The molecule has 1 heterocycles. The molecule has 1 N–H and O–H groups in total. The van der Waals surface area contributed by atoms with Crippen molar-refractivity contribution < 1.29 is 9.13 Å². The molecule has 2 aromatic rings. The zero-order chi connectivity index (χ0) is 14.5. The molecule has 2 nitrogen and oxygen atoms in total. The van der Waals surface area contributed by atoms with Crippen LogP contribution in [0.15, 0.2) is 48.5 Å². The minimum Gasteiger partial charge on any atom is -0.372 e. The van der Waals surface area contributed by atoms with Crippen molar-refractivity contribution in [3.05, 3.63) is 71.0 Å². The maximum absolute atomic E-state index is 13.1. The second kappa shape index (κ2) is 6.83. The quantitative estimate of drug-likeness (QED) is 0.851. The van der Waals surface area contributed by atoms with Crippen molar-refractivity contribution in [2.24, 2.45) is 0 Å². The van der Waals surface area contributed by atoms with Gasteiger partial charge in [0.05, 0.1) is 12.7 Å². The highest BCUT2D eigenvalue weighted by Crippen LogP contribution is 2.26. The number of hydrogen-bond donors (Lipinski definition) is 1. The molecule has 3 rings (SSSR count).